The van der Waals surface area contributed by atoms with E-state index in [1.165, 1.54) is 7.11 Å². The third-order valence-corrected chi connectivity index (χ3v) is 3.70. The van der Waals surface area contributed by atoms with Gasteiger partial charge in [-0.05, 0) is 37.1 Å². The number of amides is 2. The molecule has 6 heteroatoms. The molecule has 0 spiro atoms. The Morgan fingerprint density at radius 1 is 1.17 bits per heavy atom. The average molecular weight is 335 g/mol. The summed E-state index contributed by atoms with van der Waals surface area (Å²) in [6.07, 6.45) is 1.78. The summed E-state index contributed by atoms with van der Waals surface area (Å²) in [5, 5.41) is 2.79. The number of ether oxygens (including phenoxy) is 1. The monoisotopic (exact) mass is 335 g/mol. The lowest BCUT2D eigenvalue weighted by Gasteiger charge is -2.21. The summed E-state index contributed by atoms with van der Waals surface area (Å²) in [6, 6.07) is 6.97. The number of hydrogen-bond acceptors (Lipinski definition) is 4. The molecule has 0 saturated carbocycles. The normalized spacial score (nSPS) is 11.8. The molecule has 0 saturated heterocycles. The van der Waals surface area contributed by atoms with Crippen LogP contribution in [0.3, 0.4) is 0 Å². The van der Waals surface area contributed by atoms with Gasteiger partial charge in [0.2, 0.25) is 5.91 Å². The van der Waals surface area contributed by atoms with Crippen molar-refractivity contribution in [3.63, 3.8) is 0 Å². The summed E-state index contributed by atoms with van der Waals surface area (Å²) in [6.45, 7) is 5.92. The van der Waals surface area contributed by atoms with Crippen molar-refractivity contribution in [1.29, 1.82) is 0 Å². The molecule has 1 unspecified atom stereocenters. The molecule has 6 nitrogen and oxygen atoms in total. The van der Waals surface area contributed by atoms with Gasteiger partial charge in [-0.2, -0.15) is 0 Å². The summed E-state index contributed by atoms with van der Waals surface area (Å²) < 4.78 is 5.09. The fourth-order valence-corrected chi connectivity index (χ4v) is 2.42. The minimum Gasteiger partial charge on any atom is -0.380 e. The van der Waals surface area contributed by atoms with Crippen molar-refractivity contribution in [3.8, 4) is 0 Å². The first-order chi connectivity index (χ1) is 11.5. The van der Waals surface area contributed by atoms with E-state index < -0.39 is 0 Å². The van der Waals surface area contributed by atoms with Crippen LogP contribution in [0.1, 0.15) is 43.5 Å². The maximum atomic E-state index is 12.5. The van der Waals surface area contributed by atoms with E-state index in [1.54, 1.807) is 24.3 Å². The lowest BCUT2D eigenvalue weighted by Crippen LogP contribution is -2.32. The summed E-state index contributed by atoms with van der Waals surface area (Å²) in [4.78, 5) is 26.3. The molecule has 24 heavy (non-hydrogen) atoms. The number of hydrogen-bond donors (Lipinski definition) is 2. The van der Waals surface area contributed by atoms with Gasteiger partial charge in [0.05, 0.1) is 12.5 Å². The van der Waals surface area contributed by atoms with Crippen LogP contribution in [0.25, 0.3) is 0 Å². The Morgan fingerprint density at radius 3 is 2.21 bits per heavy atom. The van der Waals surface area contributed by atoms with Crippen LogP contribution >= 0.6 is 0 Å². The van der Waals surface area contributed by atoms with Gasteiger partial charge in [0.25, 0.3) is 5.91 Å². The lowest BCUT2D eigenvalue weighted by atomic mass is 10.1. The van der Waals surface area contributed by atoms with Gasteiger partial charge >= 0.3 is 0 Å². The fourth-order valence-electron chi connectivity index (χ4n) is 2.42. The van der Waals surface area contributed by atoms with Crippen molar-refractivity contribution in [1.82, 2.24) is 4.90 Å². The molecule has 0 aromatic heterocycles. The molecule has 0 radical (unpaired) electrons. The van der Waals surface area contributed by atoms with Crippen molar-refractivity contribution < 1.29 is 14.3 Å². The minimum absolute atomic E-state index is 0.0270. The number of anilines is 1. The number of nitrogens with zero attached hydrogens (tertiary/aromatic N) is 1. The second kappa shape index (κ2) is 10.8. The number of benzene rings is 1. The molecule has 1 atom stereocenters. The van der Waals surface area contributed by atoms with E-state index in [9.17, 15) is 9.59 Å². The Kier molecular flexibility index (Phi) is 9.04. The zero-order chi connectivity index (χ0) is 17.9. The lowest BCUT2D eigenvalue weighted by molar-refractivity contribution is -0.118. The highest BCUT2D eigenvalue weighted by molar-refractivity contribution is 5.95. The quantitative estimate of drug-likeness (QED) is 0.687. The van der Waals surface area contributed by atoms with Crippen molar-refractivity contribution >= 4 is 17.5 Å². The first kappa shape index (κ1) is 20.1. The number of carbonyl (C=O) groups excluding carboxylic acids is 2. The molecule has 0 heterocycles. The van der Waals surface area contributed by atoms with Crippen molar-refractivity contribution in [2.24, 2.45) is 5.73 Å². The van der Waals surface area contributed by atoms with Crippen LogP contribution in [-0.2, 0) is 9.53 Å². The fraction of sp³-hybridized carbons (Fsp3) is 0.556. The highest BCUT2D eigenvalue weighted by atomic mass is 16.5. The number of nitrogens with two attached hydrogens (primary N) is 1. The second-order valence-corrected chi connectivity index (χ2v) is 5.72. The van der Waals surface area contributed by atoms with Crippen LogP contribution in [0.4, 0.5) is 5.69 Å². The molecule has 1 aromatic rings. The van der Waals surface area contributed by atoms with E-state index in [-0.39, 0.29) is 24.3 Å². The first-order valence-electron chi connectivity index (χ1n) is 8.47. The Labute approximate surface area is 144 Å². The Morgan fingerprint density at radius 2 is 1.75 bits per heavy atom. The maximum Gasteiger partial charge on any atom is 0.253 e. The van der Waals surface area contributed by atoms with Gasteiger partial charge < -0.3 is 20.7 Å². The van der Waals surface area contributed by atoms with Crippen LogP contribution in [0, 0.1) is 0 Å². The van der Waals surface area contributed by atoms with Gasteiger partial charge in [0.1, 0.15) is 0 Å². The molecule has 0 fully saturated rings. The highest BCUT2D eigenvalue weighted by Gasteiger charge is 2.15. The van der Waals surface area contributed by atoms with Crippen LogP contribution in [0.15, 0.2) is 24.3 Å². The predicted octanol–water partition coefficient (Wildman–Crippen LogP) is 2.25. The standard InChI is InChI=1S/C18H29N3O3/c1-4-10-21(11-5-2)18(23)14-6-8-15(9-7-14)20-17(22)12-16(13-19)24-3/h6-9,16H,4-5,10-13,19H2,1-3H3,(H,20,22). The third-order valence-electron chi connectivity index (χ3n) is 3.70. The zero-order valence-corrected chi connectivity index (χ0v) is 14.9. The van der Waals surface area contributed by atoms with Crippen LogP contribution in [0.2, 0.25) is 0 Å². The van der Waals surface area contributed by atoms with Crippen molar-refractivity contribution in [2.75, 3.05) is 32.1 Å². The largest absolute Gasteiger partial charge is 0.380 e. The number of methoxy groups -OCH3 is 1. The molecule has 0 aliphatic carbocycles. The van der Waals surface area contributed by atoms with E-state index in [4.69, 9.17) is 10.5 Å². The Bertz CT molecular complexity index is 507. The van der Waals surface area contributed by atoms with Crippen molar-refractivity contribution in [3.05, 3.63) is 29.8 Å². The van der Waals surface area contributed by atoms with Crippen LogP contribution in [0.5, 0.6) is 0 Å². The van der Waals surface area contributed by atoms with E-state index >= 15 is 0 Å². The minimum atomic E-state index is -0.289. The van der Waals surface area contributed by atoms with Gasteiger partial charge in [0, 0.05) is 38.0 Å². The van der Waals surface area contributed by atoms with Crippen LogP contribution in [-0.4, -0.2) is 49.6 Å². The van der Waals surface area contributed by atoms with E-state index in [2.05, 4.69) is 19.2 Å². The van der Waals surface area contributed by atoms with Crippen LogP contribution < -0.4 is 11.1 Å². The maximum absolute atomic E-state index is 12.5. The molecular formula is C18H29N3O3. The Balaban J connectivity index is 2.67. The second-order valence-electron chi connectivity index (χ2n) is 5.72. The molecule has 134 valence electrons. The Hall–Kier alpha value is -1.92. The smallest absolute Gasteiger partial charge is 0.253 e. The molecule has 0 bridgehead atoms. The molecule has 2 amide bonds. The van der Waals surface area contributed by atoms with E-state index in [1.807, 2.05) is 4.90 Å². The molecule has 0 aliphatic rings. The third kappa shape index (κ3) is 6.29. The first-order valence-corrected chi connectivity index (χ1v) is 8.47. The summed E-state index contributed by atoms with van der Waals surface area (Å²) in [7, 11) is 1.53. The molecular weight excluding hydrogens is 306 g/mol. The molecule has 1 rings (SSSR count). The summed E-state index contributed by atoms with van der Waals surface area (Å²) in [5.41, 5.74) is 6.79. The number of carbonyl (C=O) groups is 2. The van der Waals surface area contributed by atoms with E-state index in [0.29, 0.717) is 17.8 Å². The van der Waals surface area contributed by atoms with Gasteiger partial charge in [-0.25, -0.2) is 0 Å². The van der Waals surface area contributed by atoms with Gasteiger partial charge in [-0.3, -0.25) is 9.59 Å². The van der Waals surface area contributed by atoms with Crippen molar-refractivity contribution in [2.45, 2.75) is 39.2 Å². The zero-order valence-electron chi connectivity index (χ0n) is 14.9. The summed E-state index contributed by atoms with van der Waals surface area (Å²) in [5.74, 6) is -0.135. The van der Waals surface area contributed by atoms with E-state index in [0.717, 1.165) is 25.9 Å². The molecule has 1 aromatic carbocycles. The average Bonchev–Trinajstić information content (AvgIpc) is 2.59. The number of nitrogens with one attached hydrogen (secondary N) is 1. The number of rotatable bonds is 10. The van der Waals surface area contributed by atoms with Gasteiger partial charge in [0.15, 0.2) is 0 Å². The molecule has 3 N–H and O–H groups in total. The summed E-state index contributed by atoms with van der Waals surface area (Å²) >= 11 is 0. The predicted molar refractivity (Wildman–Crippen MR) is 96.0 cm³/mol. The topological polar surface area (TPSA) is 84.7 Å². The van der Waals surface area contributed by atoms with Gasteiger partial charge in [-0.1, -0.05) is 13.8 Å². The molecule has 0 aliphatic heterocycles. The highest BCUT2D eigenvalue weighted by Crippen LogP contribution is 2.13. The SMILES string of the molecule is CCCN(CCC)C(=O)c1ccc(NC(=O)CC(CN)OC)cc1. The van der Waals surface area contributed by atoms with Gasteiger partial charge in [-0.15, -0.1) is 0 Å².